The standard InChI is InChI=1S/C9H12N4O2/c1-12-6-4-13-3-5(2-7(10)14)8(6)9(11)15/h3-4,12H,2H2,1H3,(H2,10,14)(H2,11,15). The fraction of sp³-hybridized carbons (Fsp3) is 0.222. The fourth-order valence-corrected chi connectivity index (χ4v) is 1.31. The van der Waals surface area contributed by atoms with Crippen LogP contribution >= 0.6 is 0 Å². The monoisotopic (exact) mass is 208 g/mol. The average molecular weight is 208 g/mol. The van der Waals surface area contributed by atoms with Crippen molar-refractivity contribution in [3.8, 4) is 0 Å². The van der Waals surface area contributed by atoms with Gasteiger partial charge in [-0.1, -0.05) is 0 Å². The van der Waals surface area contributed by atoms with Gasteiger partial charge in [0.2, 0.25) is 5.91 Å². The SMILES string of the molecule is CNc1cncc(CC(N)=O)c1C(N)=O. The number of carbonyl (C=O) groups is 2. The molecule has 2 amide bonds. The molecule has 0 aliphatic heterocycles. The zero-order chi connectivity index (χ0) is 11.4. The average Bonchev–Trinajstić information content (AvgIpc) is 2.15. The van der Waals surface area contributed by atoms with Gasteiger partial charge in [-0.15, -0.1) is 0 Å². The van der Waals surface area contributed by atoms with Crippen LogP contribution in [0.15, 0.2) is 12.4 Å². The lowest BCUT2D eigenvalue weighted by atomic mass is 10.0. The molecule has 15 heavy (non-hydrogen) atoms. The smallest absolute Gasteiger partial charge is 0.251 e. The minimum Gasteiger partial charge on any atom is -0.386 e. The Morgan fingerprint density at radius 1 is 1.40 bits per heavy atom. The number of nitrogens with one attached hydrogen (secondary N) is 1. The van der Waals surface area contributed by atoms with Gasteiger partial charge in [-0.3, -0.25) is 14.6 Å². The lowest BCUT2D eigenvalue weighted by molar-refractivity contribution is -0.117. The van der Waals surface area contributed by atoms with E-state index in [4.69, 9.17) is 11.5 Å². The van der Waals surface area contributed by atoms with Gasteiger partial charge in [-0.05, 0) is 5.56 Å². The first-order valence-electron chi connectivity index (χ1n) is 4.29. The van der Waals surface area contributed by atoms with Crippen molar-refractivity contribution in [2.75, 3.05) is 12.4 Å². The highest BCUT2D eigenvalue weighted by molar-refractivity contribution is 6.00. The Balaban J connectivity index is 3.25. The zero-order valence-corrected chi connectivity index (χ0v) is 8.28. The van der Waals surface area contributed by atoms with Crippen LogP contribution in [0.1, 0.15) is 15.9 Å². The second-order valence-electron chi connectivity index (χ2n) is 2.98. The Labute approximate surface area is 86.7 Å². The highest BCUT2D eigenvalue weighted by Gasteiger charge is 2.14. The van der Waals surface area contributed by atoms with Crippen LogP contribution < -0.4 is 16.8 Å². The van der Waals surface area contributed by atoms with E-state index in [0.717, 1.165) is 0 Å². The summed E-state index contributed by atoms with van der Waals surface area (Å²) < 4.78 is 0. The van der Waals surface area contributed by atoms with Crippen molar-refractivity contribution in [2.45, 2.75) is 6.42 Å². The first-order valence-corrected chi connectivity index (χ1v) is 4.29. The number of aromatic nitrogens is 1. The Morgan fingerprint density at radius 2 is 2.07 bits per heavy atom. The summed E-state index contributed by atoms with van der Waals surface area (Å²) in [6.45, 7) is 0. The summed E-state index contributed by atoms with van der Waals surface area (Å²) in [7, 11) is 1.64. The van der Waals surface area contributed by atoms with Gasteiger partial charge in [-0.2, -0.15) is 0 Å². The summed E-state index contributed by atoms with van der Waals surface area (Å²) in [6, 6.07) is 0. The van der Waals surface area contributed by atoms with Crippen molar-refractivity contribution in [1.29, 1.82) is 0 Å². The van der Waals surface area contributed by atoms with E-state index in [1.807, 2.05) is 0 Å². The van der Waals surface area contributed by atoms with Gasteiger partial charge in [0.1, 0.15) is 0 Å². The second-order valence-corrected chi connectivity index (χ2v) is 2.98. The van der Waals surface area contributed by atoms with E-state index >= 15 is 0 Å². The maximum atomic E-state index is 11.2. The van der Waals surface area contributed by atoms with Gasteiger partial charge >= 0.3 is 0 Å². The molecule has 0 aliphatic carbocycles. The van der Waals surface area contributed by atoms with Crippen LogP contribution in [0.3, 0.4) is 0 Å². The summed E-state index contributed by atoms with van der Waals surface area (Å²) in [5.41, 5.74) is 11.4. The van der Waals surface area contributed by atoms with Crippen molar-refractivity contribution in [3.05, 3.63) is 23.5 Å². The van der Waals surface area contributed by atoms with Crippen molar-refractivity contribution in [1.82, 2.24) is 4.98 Å². The highest BCUT2D eigenvalue weighted by Crippen LogP contribution is 2.17. The number of nitrogens with two attached hydrogens (primary N) is 2. The third-order valence-corrected chi connectivity index (χ3v) is 1.90. The van der Waals surface area contributed by atoms with E-state index in [1.165, 1.54) is 12.4 Å². The van der Waals surface area contributed by atoms with E-state index < -0.39 is 11.8 Å². The van der Waals surface area contributed by atoms with Crippen LogP contribution in [0, 0.1) is 0 Å². The number of nitrogens with zero attached hydrogens (tertiary/aromatic N) is 1. The summed E-state index contributed by atoms with van der Waals surface area (Å²) >= 11 is 0. The molecule has 0 saturated heterocycles. The number of hydrogen-bond donors (Lipinski definition) is 3. The molecule has 0 fully saturated rings. The number of amides is 2. The molecule has 0 bridgehead atoms. The zero-order valence-electron chi connectivity index (χ0n) is 8.28. The topological polar surface area (TPSA) is 111 Å². The molecule has 80 valence electrons. The molecule has 1 rings (SSSR count). The molecular weight excluding hydrogens is 196 g/mol. The van der Waals surface area contributed by atoms with E-state index in [1.54, 1.807) is 7.05 Å². The van der Waals surface area contributed by atoms with Crippen LogP contribution in [0.5, 0.6) is 0 Å². The summed E-state index contributed by atoms with van der Waals surface area (Å²) in [5, 5.41) is 2.78. The third-order valence-electron chi connectivity index (χ3n) is 1.90. The van der Waals surface area contributed by atoms with E-state index in [2.05, 4.69) is 10.3 Å². The van der Waals surface area contributed by atoms with E-state index in [9.17, 15) is 9.59 Å². The van der Waals surface area contributed by atoms with Gasteiger partial charge in [0.15, 0.2) is 0 Å². The Hall–Kier alpha value is -2.11. The molecule has 1 aromatic rings. The molecule has 5 N–H and O–H groups in total. The predicted molar refractivity (Wildman–Crippen MR) is 55.2 cm³/mol. The summed E-state index contributed by atoms with van der Waals surface area (Å²) in [4.78, 5) is 25.8. The molecule has 0 saturated carbocycles. The van der Waals surface area contributed by atoms with Crippen LogP contribution in [0.25, 0.3) is 0 Å². The Morgan fingerprint density at radius 3 is 2.53 bits per heavy atom. The maximum Gasteiger partial charge on any atom is 0.251 e. The summed E-state index contributed by atoms with van der Waals surface area (Å²) in [6.07, 6.45) is 2.82. The molecule has 0 aromatic carbocycles. The summed E-state index contributed by atoms with van der Waals surface area (Å²) in [5.74, 6) is -1.15. The van der Waals surface area contributed by atoms with Crippen LogP contribution in [0.4, 0.5) is 5.69 Å². The molecule has 0 atom stereocenters. The minimum atomic E-state index is -0.613. The molecular formula is C9H12N4O2. The number of rotatable bonds is 4. The van der Waals surface area contributed by atoms with Crippen LogP contribution in [-0.2, 0) is 11.2 Å². The molecule has 0 spiro atoms. The van der Waals surface area contributed by atoms with E-state index in [0.29, 0.717) is 11.3 Å². The van der Waals surface area contributed by atoms with Gasteiger partial charge < -0.3 is 16.8 Å². The predicted octanol–water partition coefficient (Wildman–Crippen LogP) is -0.750. The molecule has 6 heteroatoms. The number of pyridine rings is 1. The van der Waals surface area contributed by atoms with Crippen LogP contribution in [-0.4, -0.2) is 23.8 Å². The molecule has 0 radical (unpaired) electrons. The Kier molecular flexibility index (Phi) is 3.22. The number of primary amides is 2. The Bertz CT molecular complexity index is 403. The largest absolute Gasteiger partial charge is 0.386 e. The van der Waals surface area contributed by atoms with Crippen molar-refractivity contribution >= 4 is 17.5 Å². The van der Waals surface area contributed by atoms with E-state index in [-0.39, 0.29) is 12.0 Å². The van der Waals surface area contributed by atoms with Gasteiger partial charge in [-0.25, -0.2) is 0 Å². The van der Waals surface area contributed by atoms with Gasteiger partial charge in [0.25, 0.3) is 5.91 Å². The number of carbonyl (C=O) groups excluding carboxylic acids is 2. The quantitative estimate of drug-likeness (QED) is 0.604. The van der Waals surface area contributed by atoms with Gasteiger partial charge in [0, 0.05) is 13.2 Å². The molecule has 0 aliphatic rings. The lowest BCUT2D eigenvalue weighted by Gasteiger charge is -2.09. The van der Waals surface area contributed by atoms with Crippen molar-refractivity contribution in [3.63, 3.8) is 0 Å². The lowest BCUT2D eigenvalue weighted by Crippen LogP contribution is -2.21. The normalized spacial score (nSPS) is 9.67. The fourth-order valence-electron chi connectivity index (χ4n) is 1.31. The molecule has 0 unspecified atom stereocenters. The third kappa shape index (κ3) is 2.43. The van der Waals surface area contributed by atoms with Crippen molar-refractivity contribution < 1.29 is 9.59 Å². The number of hydrogen-bond acceptors (Lipinski definition) is 4. The minimum absolute atomic E-state index is 0.0548. The molecule has 1 aromatic heterocycles. The molecule has 6 nitrogen and oxygen atoms in total. The first-order chi connectivity index (χ1) is 7.06. The van der Waals surface area contributed by atoms with Gasteiger partial charge in [0.05, 0.1) is 23.9 Å². The number of anilines is 1. The molecule has 1 heterocycles. The van der Waals surface area contributed by atoms with Crippen molar-refractivity contribution in [2.24, 2.45) is 11.5 Å². The first kappa shape index (κ1) is 11.0. The van der Waals surface area contributed by atoms with Crippen LogP contribution in [0.2, 0.25) is 0 Å². The highest BCUT2D eigenvalue weighted by atomic mass is 16.1. The maximum absolute atomic E-state index is 11.2. The second kappa shape index (κ2) is 4.41.